The van der Waals surface area contributed by atoms with E-state index in [1.165, 1.54) is 0 Å². The van der Waals surface area contributed by atoms with E-state index in [1.807, 2.05) is 44.2 Å². The molecule has 0 fully saturated rings. The average molecular weight is 292 g/mol. The van der Waals surface area contributed by atoms with Crippen molar-refractivity contribution in [1.29, 1.82) is 0 Å². The molecule has 0 spiro atoms. The van der Waals surface area contributed by atoms with Crippen LogP contribution in [0.3, 0.4) is 0 Å². The lowest BCUT2D eigenvalue weighted by atomic mass is 9.85. The minimum Gasteiger partial charge on any atom is -0.381 e. The van der Waals surface area contributed by atoms with Crippen molar-refractivity contribution in [1.82, 2.24) is 5.32 Å². The fraction of sp³-hybridized carbons (Fsp3) is 0.588. The third-order valence-corrected chi connectivity index (χ3v) is 3.29. The van der Waals surface area contributed by atoms with Crippen molar-refractivity contribution in [3.05, 3.63) is 35.9 Å². The van der Waals surface area contributed by atoms with Crippen LogP contribution in [-0.4, -0.2) is 25.2 Å². The first-order chi connectivity index (χ1) is 9.88. The standard InChI is InChI=1S/C17H28N2O2/c1-13(2)12-21-11-10-17(16(18)20,19-14(3)4)15-8-6-5-7-9-15/h5-9,13-14,19H,10-12H2,1-4H3,(H2,18,20). The molecule has 0 bridgehead atoms. The van der Waals surface area contributed by atoms with E-state index < -0.39 is 5.54 Å². The molecule has 3 N–H and O–H groups in total. The number of carbonyl (C=O) groups is 1. The van der Waals surface area contributed by atoms with Crippen LogP contribution in [0.5, 0.6) is 0 Å². The molecule has 4 nitrogen and oxygen atoms in total. The largest absolute Gasteiger partial charge is 0.381 e. The molecule has 0 heterocycles. The van der Waals surface area contributed by atoms with Gasteiger partial charge in [0.2, 0.25) is 5.91 Å². The molecule has 1 unspecified atom stereocenters. The zero-order valence-electron chi connectivity index (χ0n) is 13.6. The number of ether oxygens (including phenoxy) is 1. The van der Waals surface area contributed by atoms with Crippen molar-refractivity contribution in [2.75, 3.05) is 13.2 Å². The summed E-state index contributed by atoms with van der Waals surface area (Å²) in [5.74, 6) is 0.110. The molecule has 0 aromatic heterocycles. The third-order valence-electron chi connectivity index (χ3n) is 3.29. The van der Waals surface area contributed by atoms with Gasteiger partial charge in [0, 0.05) is 25.7 Å². The highest BCUT2D eigenvalue weighted by molar-refractivity contribution is 5.86. The van der Waals surface area contributed by atoms with Gasteiger partial charge in [-0.15, -0.1) is 0 Å². The third kappa shape index (κ3) is 5.14. The number of carbonyl (C=O) groups excluding carboxylic acids is 1. The van der Waals surface area contributed by atoms with Crippen LogP contribution in [0.15, 0.2) is 30.3 Å². The summed E-state index contributed by atoms with van der Waals surface area (Å²) < 4.78 is 5.66. The molecule has 0 aliphatic heterocycles. The van der Waals surface area contributed by atoms with Crippen LogP contribution >= 0.6 is 0 Å². The Labute approximate surface area is 128 Å². The molecule has 4 heteroatoms. The van der Waals surface area contributed by atoms with E-state index in [0.717, 1.165) is 5.56 Å². The number of primary amides is 1. The summed E-state index contributed by atoms with van der Waals surface area (Å²) in [6, 6.07) is 9.78. The second-order valence-electron chi connectivity index (χ2n) is 6.15. The van der Waals surface area contributed by atoms with E-state index in [-0.39, 0.29) is 11.9 Å². The highest BCUT2D eigenvalue weighted by atomic mass is 16.5. The number of rotatable bonds is 9. The van der Waals surface area contributed by atoms with Gasteiger partial charge in [-0.25, -0.2) is 0 Å². The highest BCUT2D eigenvalue weighted by Crippen LogP contribution is 2.26. The Bertz CT molecular complexity index is 432. The molecule has 0 saturated carbocycles. The van der Waals surface area contributed by atoms with Crippen LogP contribution in [0.4, 0.5) is 0 Å². The molecule has 0 radical (unpaired) electrons. The molecule has 0 saturated heterocycles. The number of hydrogen-bond donors (Lipinski definition) is 2. The van der Waals surface area contributed by atoms with Gasteiger partial charge >= 0.3 is 0 Å². The molecule has 118 valence electrons. The quantitative estimate of drug-likeness (QED) is 0.687. The molecule has 1 atom stereocenters. The number of amides is 1. The fourth-order valence-corrected chi connectivity index (χ4v) is 2.40. The van der Waals surface area contributed by atoms with E-state index in [4.69, 9.17) is 10.5 Å². The summed E-state index contributed by atoms with van der Waals surface area (Å²) >= 11 is 0. The predicted molar refractivity (Wildman–Crippen MR) is 85.9 cm³/mol. The van der Waals surface area contributed by atoms with E-state index in [9.17, 15) is 4.79 Å². The summed E-state index contributed by atoms with van der Waals surface area (Å²) in [7, 11) is 0. The van der Waals surface area contributed by atoms with Gasteiger partial charge in [0.1, 0.15) is 5.54 Å². The van der Waals surface area contributed by atoms with Crippen LogP contribution in [0.25, 0.3) is 0 Å². The average Bonchev–Trinajstić information content (AvgIpc) is 2.42. The van der Waals surface area contributed by atoms with E-state index in [2.05, 4.69) is 19.2 Å². The SMILES string of the molecule is CC(C)COCCC(NC(C)C)(C(N)=O)c1ccccc1. The minimum absolute atomic E-state index is 0.141. The zero-order chi connectivity index (χ0) is 15.9. The van der Waals surface area contributed by atoms with E-state index in [0.29, 0.717) is 25.6 Å². The molecule has 1 aromatic carbocycles. The Balaban J connectivity index is 2.94. The van der Waals surface area contributed by atoms with Gasteiger partial charge in [0.25, 0.3) is 0 Å². The van der Waals surface area contributed by atoms with Crippen molar-refractivity contribution in [3.8, 4) is 0 Å². The number of nitrogens with one attached hydrogen (secondary N) is 1. The fourth-order valence-electron chi connectivity index (χ4n) is 2.40. The summed E-state index contributed by atoms with van der Waals surface area (Å²) in [6.45, 7) is 9.40. The summed E-state index contributed by atoms with van der Waals surface area (Å²) in [5, 5.41) is 3.34. The lowest BCUT2D eigenvalue weighted by molar-refractivity contribution is -0.126. The first-order valence-corrected chi connectivity index (χ1v) is 7.59. The molecular formula is C17H28N2O2. The molecule has 1 rings (SSSR count). The molecule has 0 aliphatic rings. The van der Waals surface area contributed by atoms with Gasteiger partial charge in [-0.2, -0.15) is 0 Å². The number of nitrogens with two attached hydrogens (primary N) is 1. The monoisotopic (exact) mass is 292 g/mol. The molecule has 21 heavy (non-hydrogen) atoms. The first-order valence-electron chi connectivity index (χ1n) is 7.59. The smallest absolute Gasteiger partial charge is 0.242 e. The number of hydrogen-bond acceptors (Lipinski definition) is 3. The van der Waals surface area contributed by atoms with Crippen LogP contribution in [0.1, 0.15) is 39.7 Å². The van der Waals surface area contributed by atoms with Crippen molar-refractivity contribution in [3.63, 3.8) is 0 Å². The number of benzene rings is 1. The maximum Gasteiger partial charge on any atom is 0.242 e. The zero-order valence-corrected chi connectivity index (χ0v) is 13.6. The minimum atomic E-state index is -0.883. The lowest BCUT2D eigenvalue weighted by Gasteiger charge is -2.34. The van der Waals surface area contributed by atoms with E-state index in [1.54, 1.807) is 0 Å². The van der Waals surface area contributed by atoms with Crippen LogP contribution < -0.4 is 11.1 Å². The maximum atomic E-state index is 12.2. The van der Waals surface area contributed by atoms with Crippen LogP contribution in [0, 0.1) is 5.92 Å². The second kappa shape index (κ2) is 8.15. The van der Waals surface area contributed by atoms with Crippen molar-refractivity contribution >= 4 is 5.91 Å². The first kappa shape index (κ1) is 17.7. The van der Waals surface area contributed by atoms with Gasteiger partial charge < -0.3 is 10.5 Å². The second-order valence-corrected chi connectivity index (χ2v) is 6.15. The van der Waals surface area contributed by atoms with Gasteiger partial charge in [-0.05, 0) is 25.3 Å². The molecule has 0 aliphatic carbocycles. The molecule has 1 amide bonds. The van der Waals surface area contributed by atoms with Gasteiger partial charge in [0.05, 0.1) is 0 Å². The maximum absolute atomic E-state index is 12.2. The summed E-state index contributed by atoms with van der Waals surface area (Å²) in [5.41, 5.74) is 5.74. The summed E-state index contributed by atoms with van der Waals surface area (Å²) in [6.07, 6.45) is 0.525. The van der Waals surface area contributed by atoms with Crippen LogP contribution in [0.2, 0.25) is 0 Å². The normalized spacial score (nSPS) is 14.4. The summed E-state index contributed by atoms with van der Waals surface area (Å²) in [4.78, 5) is 12.2. The Morgan fingerprint density at radius 3 is 2.33 bits per heavy atom. The Kier molecular flexibility index (Phi) is 6.85. The van der Waals surface area contributed by atoms with Crippen LogP contribution in [-0.2, 0) is 15.1 Å². The van der Waals surface area contributed by atoms with E-state index >= 15 is 0 Å². The van der Waals surface area contributed by atoms with Gasteiger partial charge in [-0.1, -0.05) is 44.2 Å². The Hall–Kier alpha value is -1.39. The lowest BCUT2D eigenvalue weighted by Crippen LogP contribution is -2.55. The topological polar surface area (TPSA) is 64.3 Å². The Morgan fingerprint density at radius 2 is 1.86 bits per heavy atom. The van der Waals surface area contributed by atoms with Crippen molar-refractivity contribution < 1.29 is 9.53 Å². The van der Waals surface area contributed by atoms with Gasteiger partial charge in [-0.3, -0.25) is 10.1 Å². The Morgan fingerprint density at radius 1 is 1.24 bits per heavy atom. The van der Waals surface area contributed by atoms with Crippen molar-refractivity contribution in [2.24, 2.45) is 11.7 Å². The highest BCUT2D eigenvalue weighted by Gasteiger charge is 2.38. The van der Waals surface area contributed by atoms with Gasteiger partial charge in [0.15, 0.2) is 0 Å². The van der Waals surface area contributed by atoms with Crippen molar-refractivity contribution in [2.45, 2.75) is 45.7 Å². The molecular weight excluding hydrogens is 264 g/mol. The predicted octanol–water partition coefficient (Wildman–Crippen LogP) is 2.43. The molecule has 1 aromatic rings.